The first-order valence-electron chi connectivity index (χ1n) is 7.60. The van der Waals surface area contributed by atoms with E-state index in [0.717, 1.165) is 16.8 Å². The molecule has 2 aromatic carbocycles. The minimum atomic E-state index is -0.151. The van der Waals surface area contributed by atoms with E-state index in [1.165, 1.54) is 6.07 Å². The van der Waals surface area contributed by atoms with Crippen LogP contribution in [0.15, 0.2) is 53.5 Å². The number of fused-ring (bicyclic) bond motifs is 1. The fourth-order valence-corrected chi connectivity index (χ4v) is 2.89. The zero-order chi connectivity index (χ0) is 17.3. The van der Waals surface area contributed by atoms with Crippen LogP contribution in [-0.4, -0.2) is 10.5 Å². The Balaban J connectivity index is 1.88. The molecule has 0 atom stereocenters. The molecule has 122 valence electrons. The monoisotopic (exact) mass is 340 g/mol. The summed E-state index contributed by atoms with van der Waals surface area (Å²) in [5.41, 5.74) is 3.52. The van der Waals surface area contributed by atoms with Gasteiger partial charge in [0.25, 0.3) is 0 Å². The third-order valence-corrected chi connectivity index (χ3v) is 4.14. The van der Waals surface area contributed by atoms with Crippen molar-refractivity contribution in [3.8, 4) is 0 Å². The Labute approximate surface area is 144 Å². The lowest BCUT2D eigenvalue weighted by Gasteiger charge is -2.13. The van der Waals surface area contributed by atoms with Crippen molar-refractivity contribution < 1.29 is 4.79 Å². The lowest BCUT2D eigenvalue weighted by atomic mass is 10.1. The van der Waals surface area contributed by atoms with Gasteiger partial charge in [0.05, 0.1) is 5.52 Å². The molecule has 0 bridgehead atoms. The third kappa shape index (κ3) is 3.34. The molecular formula is C19H17ClN2O2. The third-order valence-electron chi connectivity index (χ3n) is 3.91. The van der Waals surface area contributed by atoms with E-state index in [1.54, 1.807) is 29.0 Å². The molecule has 0 aliphatic rings. The second-order valence-corrected chi connectivity index (χ2v) is 6.27. The number of nitrogens with zero attached hydrogens (tertiary/aromatic N) is 1. The predicted octanol–water partition coefficient (Wildman–Crippen LogP) is 3.91. The molecule has 4 nitrogen and oxygen atoms in total. The van der Waals surface area contributed by atoms with E-state index in [0.29, 0.717) is 15.9 Å². The Morgan fingerprint density at radius 2 is 1.92 bits per heavy atom. The lowest BCUT2D eigenvalue weighted by Crippen LogP contribution is -2.20. The van der Waals surface area contributed by atoms with Gasteiger partial charge in [0, 0.05) is 28.4 Å². The van der Waals surface area contributed by atoms with Crippen molar-refractivity contribution in [2.75, 3.05) is 5.32 Å². The smallest absolute Gasteiger partial charge is 0.244 e. The fourth-order valence-electron chi connectivity index (χ4n) is 2.72. The summed E-state index contributed by atoms with van der Waals surface area (Å²) in [7, 11) is 0. The van der Waals surface area contributed by atoms with E-state index in [2.05, 4.69) is 5.32 Å². The normalized spacial score (nSPS) is 10.8. The van der Waals surface area contributed by atoms with E-state index < -0.39 is 0 Å². The quantitative estimate of drug-likeness (QED) is 0.786. The van der Waals surface area contributed by atoms with Gasteiger partial charge in [-0.25, -0.2) is 0 Å². The summed E-state index contributed by atoms with van der Waals surface area (Å²) >= 11 is 5.96. The fraction of sp³-hybridized carbons (Fsp3) is 0.158. The lowest BCUT2D eigenvalue weighted by molar-refractivity contribution is -0.116. The number of aromatic nitrogens is 1. The number of hydrogen-bond donors (Lipinski definition) is 1. The number of pyridine rings is 1. The van der Waals surface area contributed by atoms with Crippen LogP contribution >= 0.6 is 11.6 Å². The summed E-state index contributed by atoms with van der Waals surface area (Å²) in [5, 5.41) is 3.91. The van der Waals surface area contributed by atoms with Crippen LogP contribution in [0.3, 0.4) is 0 Å². The largest absolute Gasteiger partial charge is 0.338 e. The Kier molecular flexibility index (Phi) is 4.40. The van der Waals surface area contributed by atoms with Gasteiger partial charge in [-0.2, -0.15) is 0 Å². The molecule has 0 unspecified atom stereocenters. The van der Waals surface area contributed by atoms with Gasteiger partial charge in [-0.3, -0.25) is 9.59 Å². The minimum Gasteiger partial charge on any atom is -0.338 e. The molecule has 1 heterocycles. The molecule has 0 aliphatic heterocycles. The first kappa shape index (κ1) is 16.3. The number of amides is 1. The Bertz CT molecular complexity index is 992. The van der Waals surface area contributed by atoms with E-state index >= 15 is 0 Å². The molecule has 0 saturated heterocycles. The Morgan fingerprint density at radius 1 is 1.12 bits per heavy atom. The summed E-state index contributed by atoms with van der Waals surface area (Å²) in [6, 6.07) is 12.4. The molecule has 0 radical (unpaired) electrons. The van der Waals surface area contributed by atoms with Crippen molar-refractivity contribution in [2.24, 2.45) is 0 Å². The van der Waals surface area contributed by atoms with Gasteiger partial charge in [-0.15, -0.1) is 0 Å². The highest BCUT2D eigenvalue weighted by Gasteiger charge is 2.09. The number of carbonyl (C=O) groups excluding carboxylic acids is 1. The summed E-state index contributed by atoms with van der Waals surface area (Å²) in [5.74, 6) is -0.151. The van der Waals surface area contributed by atoms with E-state index in [1.807, 2.05) is 32.0 Å². The van der Waals surface area contributed by atoms with Gasteiger partial charge < -0.3 is 9.88 Å². The highest BCUT2D eigenvalue weighted by molar-refractivity contribution is 6.31. The molecule has 3 rings (SSSR count). The maximum atomic E-state index is 12.4. The summed E-state index contributed by atoms with van der Waals surface area (Å²) in [4.78, 5) is 24.3. The highest BCUT2D eigenvalue weighted by Crippen LogP contribution is 2.18. The summed E-state index contributed by atoms with van der Waals surface area (Å²) in [6.07, 6.45) is 1.63. The summed E-state index contributed by atoms with van der Waals surface area (Å²) in [6.45, 7) is 4.08. The van der Waals surface area contributed by atoms with Gasteiger partial charge in [-0.1, -0.05) is 29.3 Å². The number of carbonyl (C=O) groups is 1. The Morgan fingerprint density at radius 3 is 2.67 bits per heavy atom. The van der Waals surface area contributed by atoms with Crippen molar-refractivity contribution in [3.05, 3.63) is 75.0 Å². The van der Waals surface area contributed by atoms with Crippen LogP contribution < -0.4 is 10.7 Å². The second kappa shape index (κ2) is 6.49. The first-order valence-corrected chi connectivity index (χ1v) is 7.97. The van der Waals surface area contributed by atoms with Crippen molar-refractivity contribution in [1.82, 2.24) is 4.57 Å². The molecule has 0 fully saturated rings. The van der Waals surface area contributed by atoms with Gasteiger partial charge in [0.2, 0.25) is 5.91 Å². The predicted molar refractivity (Wildman–Crippen MR) is 97.8 cm³/mol. The Hall–Kier alpha value is -2.59. The maximum absolute atomic E-state index is 12.4. The number of aryl methyl sites for hydroxylation is 2. The van der Waals surface area contributed by atoms with Crippen LogP contribution in [0.4, 0.5) is 5.69 Å². The van der Waals surface area contributed by atoms with E-state index in [4.69, 9.17) is 11.6 Å². The standard InChI is InChI=1S/C19H17ClN2O2/c1-12-3-5-16(13(2)9-12)21-19(24)11-22-8-7-18(23)15-10-14(20)4-6-17(15)22/h3-10H,11H2,1-2H3,(H,21,24). The SMILES string of the molecule is Cc1ccc(NC(=O)Cn2ccc(=O)c3cc(Cl)ccc32)c(C)c1. The van der Waals surface area contributed by atoms with Crippen LogP contribution in [0.2, 0.25) is 5.02 Å². The molecule has 3 aromatic rings. The number of benzene rings is 2. The number of anilines is 1. The average molecular weight is 341 g/mol. The molecule has 1 N–H and O–H groups in total. The van der Waals surface area contributed by atoms with Crippen molar-refractivity contribution in [2.45, 2.75) is 20.4 Å². The van der Waals surface area contributed by atoms with Crippen LogP contribution in [0.25, 0.3) is 10.9 Å². The van der Waals surface area contributed by atoms with E-state index in [-0.39, 0.29) is 17.9 Å². The second-order valence-electron chi connectivity index (χ2n) is 5.84. The number of halogens is 1. The first-order chi connectivity index (χ1) is 11.4. The average Bonchev–Trinajstić information content (AvgIpc) is 2.53. The van der Waals surface area contributed by atoms with Crippen LogP contribution in [0.1, 0.15) is 11.1 Å². The molecule has 1 aromatic heterocycles. The van der Waals surface area contributed by atoms with Crippen molar-refractivity contribution in [3.63, 3.8) is 0 Å². The minimum absolute atomic E-state index is 0.112. The van der Waals surface area contributed by atoms with Crippen molar-refractivity contribution >= 4 is 34.1 Å². The molecule has 1 amide bonds. The van der Waals surface area contributed by atoms with Gasteiger partial charge in [0.1, 0.15) is 6.54 Å². The number of hydrogen-bond acceptors (Lipinski definition) is 2. The van der Waals surface area contributed by atoms with Crippen LogP contribution in [0, 0.1) is 13.8 Å². The molecule has 0 saturated carbocycles. The van der Waals surface area contributed by atoms with Gasteiger partial charge in [-0.05, 0) is 43.7 Å². The number of rotatable bonds is 3. The molecule has 0 spiro atoms. The number of nitrogens with one attached hydrogen (secondary N) is 1. The van der Waals surface area contributed by atoms with Crippen LogP contribution in [-0.2, 0) is 11.3 Å². The zero-order valence-corrected chi connectivity index (χ0v) is 14.2. The summed E-state index contributed by atoms with van der Waals surface area (Å²) < 4.78 is 1.74. The molecule has 5 heteroatoms. The van der Waals surface area contributed by atoms with E-state index in [9.17, 15) is 9.59 Å². The van der Waals surface area contributed by atoms with Crippen molar-refractivity contribution in [1.29, 1.82) is 0 Å². The molecular weight excluding hydrogens is 324 g/mol. The van der Waals surface area contributed by atoms with Gasteiger partial charge in [0.15, 0.2) is 5.43 Å². The van der Waals surface area contributed by atoms with Gasteiger partial charge >= 0.3 is 0 Å². The zero-order valence-electron chi connectivity index (χ0n) is 13.5. The maximum Gasteiger partial charge on any atom is 0.244 e. The van der Waals surface area contributed by atoms with Crippen LogP contribution in [0.5, 0.6) is 0 Å². The molecule has 0 aliphatic carbocycles. The topological polar surface area (TPSA) is 51.1 Å². The highest BCUT2D eigenvalue weighted by atomic mass is 35.5. The molecule has 24 heavy (non-hydrogen) atoms.